The lowest BCUT2D eigenvalue weighted by atomic mass is 10.1. The van der Waals surface area contributed by atoms with Crippen LogP contribution in [0.4, 0.5) is 5.69 Å². The zero-order valence-electron chi connectivity index (χ0n) is 9.40. The Balaban J connectivity index is 2.07. The Morgan fingerprint density at radius 3 is 2.81 bits per heavy atom. The molecule has 0 amide bonds. The molecule has 86 valence electrons. The maximum Gasteiger partial charge on any atom is 0.161 e. The number of hydrogen-bond acceptors (Lipinski definition) is 3. The van der Waals surface area contributed by atoms with Gasteiger partial charge in [0.25, 0.3) is 0 Å². The number of rotatable bonds is 2. The summed E-state index contributed by atoms with van der Waals surface area (Å²) in [5, 5.41) is 4.99. The Hall–Kier alpha value is -0.670. The number of para-hydroxylation sites is 1. The fourth-order valence-electron chi connectivity index (χ4n) is 1.48. The van der Waals surface area contributed by atoms with Crippen LogP contribution in [0, 0.1) is 5.92 Å². The molecule has 0 spiro atoms. The van der Waals surface area contributed by atoms with Crippen molar-refractivity contribution in [2.24, 2.45) is 10.9 Å². The van der Waals surface area contributed by atoms with Gasteiger partial charge in [0.1, 0.15) is 0 Å². The highest BCUT2D eigenvalue weighted by atomic mass is 35.5. The lowest BCUT2D eigenvalue weighted by molar-refractivity contribution is 0.543. The molecule has 1 atom stereocenters. The number of benzene rings is 1. The van der Waals surface area contributed by atoms with E-state index in [0.29, 0.717) is 12.0 Å². The molecule has 2 rings (SSSR count). The third kappa shape index (κ3) is 2.71. The fraction of sp³-hybridized carbons (Fsp3) is 0.417. The van der Waals surface area contributed by atoms with E-state index in [1.165, 1.54) is 0 Å². The molecule has 16 heavy (non-hydrogen) atoms. The molecule has 0 aromatic heterocycles. The van der Waals surface area contributed by atoms with E-state index < -0.39 is 0 Å². The molecule has 0 bridgehead atoms. The number of aliphatic imine (C=N–C) groups is 1. The first-order valence-electron chi connectivity index (χ1n) is 5.39. The van der Waals surface area contributed by atoms with Gasteiger partial charge in [-0.1, -0.05) is 49.3 Å². The van der Waals surface area contributed by atoms with E-state index in [9.17, 15) is 0 Å². The van der Waals surface area contributed by atoms with E-state index in [1.807, 2.05) is 24.3 Å². The van der Waals surface area contributed by atoms with Gasteiger partial charge < -0.3 is 5.32 Å². The van der Waals surface area contributed by atoms with Crippen LogP contribution in [0.25, 0.3) is 0 Å². The molecule has 1 aliphatic heterocycles. The van der Waals surface area contributed by atoms with Crippen molar-refractivity contribution in [1.29, 1.82) is 0 Å². The third-order valence-electron chi connectivity index (χ3n) is 2.56. The molecule has 0 saturated heterocycles. The van der Waals surface area contributed by atoms with Crippen molar-refractivity contribution in [2.75, 3.05) is 11.1 Å². The predicted octanol–water partition coefficient (Wildman–Crippen LogP) is 3.88. The SMILES string of the molecule is CC(C)C1CSC(Nc2ccccc2Cl)=N1. The summed E-state index contributed by atoms with van der Waals surface area (Å²) in [6.07, 6.45) is 0. The van der Waals surface area contributed by atoms with Crippen LogP contribution in [0.5, 0.6) is 0 Å². The number of halogens is 1. The van der Waals surface area contributed by atoms with E-state index in [2.05, 4.69) is 24.2 Å². The second-order valence-corrected chi connectivity index (χ2v) is 5.58. The van der Waals surface area contributed by atoms with Gasteiger partial charge >= 0.3 is 0 Å². The van der Waals surface area contributed by atoms with Crippen LogP contribution >= 0.6 is 23.4 Å². The summed E-state index contributed by atoms with van der Waals surface area (Å²) in [6.45, 7) is 4.40. The molecule has 0 aliphatic carbocycles. The zero-order valence-corrected chi connectivity index (χ0v) is 11.0. The molecule has 1 aromatic rings. The highest BCUT2D eigenvalue weighted by molar-refractivity contribution is 8.14. The molecular formula is C12H15ClN2S. The van der Waals surface area contributed by atoms with E-state index in [1.54, 1.807) is 11.8 Å². The summed E-state index contributed by atoms with van der Waals surface area (Å²) >= 11 is 7.84. The van der Waals surface area contributed by atoms with Gasteiger partial charge in [0.05, 0.1) is 16.8 Å². The summed E-state index contributed by atoms with van der Waals surface area (Å²) in [5.74, 6) is 1.66. The molecule has 0 radical (unpaired) electrons. The van der Waals surface area contributed by atoms with Crippen molar-refractivity contribution in [3.8, 4) is 0 Å². The number of amidine groups is 1. The van der Waals surface area contributed by atoms with Crippen LogP contribution in [-0.2, 0) is 0 Å². The molecule has 1 unspecified atom stereocenters. The Bertz CT molecular complexity index is 404. The van der Waals surface area contributed by atoms with Crippen molar-refractivity contribution in [2.45, 2.75) is 19.9 Å². The minimum atomic E-state index is 0.426. The number of nitrogens with one attached hydrogen (secondary N) is 1. The highest BCUT2D eigenvalue weighted by Crippen LogP contribution is 2.27. The van der Waals surface area contributed by atoms with Gasteiger partial charge in [-0.05, 0) is 18.1 Å². The summed E-state index contributed by atoms with van der Waals surface area (Å²) in [6, 6.07) is 8.16. The van der Waals surface area contributed by atoms with Crippen molar-refractivity contribution in [3.63, 3.8) is 0 Å². The Labute approximate surface area is 105 Å². The van der Waals surface area contributed by atoms with Crippen LogP contribution in [0.1, 0.15) is 13.8 Å². The van der Waals surface area contributed by atoms with Crippen LogP contribution in [0.2, 0.25) is 5.02 Å². The Morgan fingerprint density at radius 1 is 1.44 bits per heavy atom. The lowest BCUT2D eigenvalue weighted by Crippen LogP contribution is -2.12. The number of anilines is 1. The van der Waals surface area contributed by atoms with Gasteiger partial charge in [-0.3, -0.25) is 4.99 Å². The van der Waals surface area contributed by atoms with Gasteiger partial charge in [0.15, 0.2) is 5.17 Å². The molecular weight excluding hydrogens is 240 g/mol. The van der Waals surface area contributed by atoms with E-state index in [4.69, 9.17) is 11.6 Å². The molecule has 1 heterocycles. The highest BCUT2D eigenvalue weighted by Gasteiger charge is 2.21. The van der Waals surface area contributed by atoms with Crippen molar-refractivity contribution < 1.29 is 0 Å². The monoisotopic (exact) mass is 254 g/mol. The van der Waals surface area contributed by atoms with E-state index in [0.717, 1.165) is 21.6 Å². The summed E-state index contributed by atoms with van der Waals surface area (Å²) in [7, 11) is 0. The summed E-state index contributed by atoms with van der Waals surface area (Å²) in [5.41, 5.74) is 0.930. The molecule has 0 saturated carbocycles. The van der Waals surface area contributed by atoms with Crippen LogP contribution < -0.4 is 5.32 Å². The van der Waals surface area contributed by atoms with Crippen LogP contribution in [0.3, 0.4) is 0 Å². The summed E-state index contributed by atoms with van der Waals surface area (Å²) < 4.78 is 0. The van der Waals surface area contributed by atoms with Gasteiger partial charge in [-0.15, -0.1) is 0 Å². The van der Waals surface area contributed by atoms with Crippen molar-refractivity contribution in [3.05, 3.63) is 29.3 Å². The van der Waals surface area contributed by atoms with Gasteiger partial charge in [0.2, 0.25) is 0 Å². The normalized spacial score (nSPS) is 20.0. The molecule has 0 fully saturated rings. The van der Waals surface area contributed by atoms with Crippen LogP contribution in [0.15, 0.2) is 29.3 Å². The smallest absolute Gasteiger partial charge is 0.161 e. The largest absolute Gasteiger partial charge is 0.334 e. The number of hydrogen-bond donors (Lipinski definition) is 1. The maximum absolute atomic E-state index is 6.07. The first-order chi connectivity index (χ1) is 7.66. The topological polar surface area (TPSA) is 24.4 Å². The van der Waals surface area contributed by atoms with Crippen molar-refractivity contribution >= 4 is 34.2 Å². The fourth-order valence-corrected chi connectivity index (χ4v) is 2.84. The molecule has 2 nitrogen and oxygen atoms in total. The molecule has 1 aliphatic rings. The third-order valence-corrected chi connectivity index (χ3v) is 3.88. The lowest BCUT2D eigenvalue weighted by Gasteiger charge is -2.08. The van der Waals surface area contributed by atoms with Gasteiger partial charge in [-0.2, -0.15) is 0 Å². The number of nitrogens with zero attached hydrogens (tertiary/aromatic N) is 1. The maximum atomic E-state index is 6.07. The Morgan fingerprint density at radius 2 is 2.19 bits per heavy atom. The number of thioether (sulfide) groups is 1. The minimum absolute atomic E-state index is 0.426. The average Bonchev–Trinajstić information content (AvgIpc) is 2.70. The van der Waals surface area contributed by atoms with Gasteiger partial charge in [-0.25, -0.2) is 0 Å². The first-order valence-corrected chi connectivity index (χ1v) is 6.75. The Kier molecular flexibility index (Phi) is 3.77. The van der Waals surface area contributed by atoms with E-state index in [-0.39, 0.29) is 0 Å². The van der Waals surface area contributed by atoms with E-state index >= 15 is 0 Å². The second kappa shape index (κ2) is 5.11. The van der Waals surface area contributed by atoms with Crippen molar-refractivity contribution in [1.82, 2.24) is 0 Å². The molecule has 1 aromatic carbocycles. The first kappa shape index (κ1) is 11.8. The van der Waals surface area contributed by atoms with Gasteiger partial charge in [0, 0.05) is 5.75 Å². The average molecular weight is 255 g/mol. The molecule has 4 heteroatoms. The predicted molar refractivity (Wildman–Crippen MR) is 73.6 cm³/mol. The minimum Gasteiger partial charge on any atom is -0.334 e. The zero-order chi connectivity index (χ0) is 11.5. The molecule has 1 N–H and O–H groups in total. The quantitative estimate of drug-likeness (QED) is 0.866. The second-order valence-electron chi connectivity index (χ2n) is 4.16. The standard InChI is InChI=1S/C12H15ClN2S/c1-8(2)11-7-16-12(15-11)14-10-6-4-3-5-9(10)13/h3-6,8,11H,7H2,1-2H3,(H,14,15). The summed E-state index contributed by atoms with van der Waals surface area (Å²) in [4.78, 5) is 4.63. The van der Waals surface area contributed by atoms with Crippen LogP contribution in [-0.4, -0.2) is 17.0 Å².